The second kappa shape index (κ2) is 5.68. The molecule has 2 aromatic carbocycles. The fourth-order valence-electron chi connectivity index (χ4n) is 2.85. The lowest BCUT2D eigenvalue weighted by Crippen LogP contribution is -2.32. The molecule has 3 heteroatoms. The minimum Gasteiger partial charge on any atom is -0.508 e. The number of benzene rings is 2. The molecule has 1 atom stereocenters. The molecule has 0 saturated carbocycles. The normalized spacial score (nSPS) is 17.0. The molecule has 0 amide bonds. The standard InChI is InChI=1S/C18H21NO2/c1-12(2)16-6-4-3-5-13(16)9-15-11-19-17-10-14(20)7-8-18(17)21-15/h3-8,10,12,15,19-20H,9,11H2,1-2H3. The zero-order valence-electron chi connectivity index (χ0n) is 12.5. The summed E-state index contributed by atoms with van der Waals surface area (Å²) in [6.07, 6.45) is 1.00. The van der Waals surface area contributed by atoms with Crippen molar-refractivity contribution in [3.63, 3.8) is 0 Å². The van der Waals surface area contributed by atoms with Crippen LogP contribution < -0.4 is 10.1 Å². The van der Waals surface area contributed by atoms with E-state index in [0.717, 1.165) is 24.4 Å². The molecule has 110 valence electrons. The zero-order valence-corrected chi connectivity index (χ0v) is 12.5. The van der Waals surface area contributed by atoms with Crippen LogP contribution in [0.25, 0.3) is 0 Å². The molecule has 2 aromatic rings. The van der Waals surface area contributed by atoms with E-state index >= 15 is 0 Å². The van der Waals surface area contributed by atoms with Crippen LogP contribution in [-0.2, 0) is 6.42 Å². The van der Waals surface area contributed by atoms with Gasteiger partial charge in [-0.1, -0.05) is 38.1 Å². The first-order chi connectivity index (χ1) is 10.1. The van der Waals surface area contributed by atoms with Gasteiger partial charge in [-0.15, -0.1) is 0 Å². The van der Waals surface area contributed by atoms with Crippen LogP contribution in [0.4, 0.5) is 5.69 Å². The van der Waals surface area contributed by atoms with Gasteiger partial charge >= 0.3 is 0 Å². The second-order valence-corrected chi connectivity index (χ2v) is 5.86. The van der Waals surface area contributed by atoms with Gasteiger partial charge in [-0.2, -0.15) is 0 Å². The van der Waals surface area contributed by atoms with Crippen molar-refractivity contribution in [3.8, 4) is 11.5 Å². The number of rotatable bonds is 3. The lowest BCUT2D eigenvalue weighted by Gasteiger charge is -2.28. The first-order valence-corrected chi connectivity index (χ1v) is 7.45. The average molecular weight is 283 g/mol. The van der Waals surface area contributed by atoms with Crippen LogP contribution in [0.1, 0.15) is 30.9 Å². The van der Waals surface area contributed by atoms with Crippen molar-refractivity contribution in [2.45, 2.75) is 32.3 Å². The quantitative estimate of drug-likeness (QED) is 0.896. The lowest BCUT2D eigenvalue weighted by atomic mass is 9.93. The topological polar surface area (TPSA) is 41.5 Å². The maximum absolute atomic E-state index is 9.49. The molecule has 0 saturated heterocycles. The maximum Gasteiger partial charge on any atom is 0.143 e. The van der Waals surface area contributed by atoms with E-state index in [-0.39, 0.29) is 11.9 Å². The highest BCUT2D eigenvalue weighted by atomic mass is 16.5. The fourth-order valence-corrected chi connectivity index (χ4v) is 2.85. The van der Waals surface area contributed by atoms with E-state index < -0.39 is 0 Å². The van der Waals surface area contributed by atoms with E-state index in [2.05, 4.69) is 43.4 Å². The summed E-state index contributed by atoms with van der Waals surface area (Å²) in [6, 6.07) is 13.7. The highest BCUT2D eigenvalue weighted by molar-refractivity contribution is 5.61. The van der Waals surface area contributed by atoms with Crippen molar-refractivity contribution < 1.29 is 9.84 Å². The number of phenols is 1. The molecule has 1 unspecified atom stereocenters. The van der Waals surface area contributed by atoms with E-state index in [1.807, 2.05) is 6.07 Å². The molecule has 0 bridgehead atoms. The van der Waals surface area contributed by atoms with Crippen LogP contribution in [0.5, 0.6) is 11.5 Å². The van der Waals surface area contributed by atoms with Gasteiger partial charge < -0.3 is 15.2 Å². The Kier molecular flexibility index (Phi) is 3.74. The third-order valence-electron chi connectivity index (χ3n) is 3.90. The number of phenolic OH excluding ortho intramolecular Hbond substituents is 1. The van der Waals surface area contributed by atoms with Crippen LogP contribution in [0.3, 0.4) is 0 Å². The van der Waals surface area contributed by atoms with Crippen molar-refractivity contribution in [1.82, 2.24) is 0 Å². The molecule has 0 spiro atoms. The number of hydrogen-bond acceptors (Lipinski definition) is 3. The van der Waals surface area contributed by atoms with Crippen molar-refractivity contribution >= 4 is 5.69 Å². The van der Waals surface area contributed by atoms with Gasteiger partial charge in [0.2, 0.25) is 0 Å². The summed E-state index contributed by atoms with van der Waals surface area (Å²) in [5.41, 5.74) is 3.60. The largest absolute Gasteiger partial charge is 0.508 e. The van der Waals surface area contributed by atoms with E-state index in [1.165, 1.54) is 11.1 Å². The Morgan fingerprint density at radius 3 is 2.86 bits per heavy atom. The monoisotopic (exact) mass is 283 g/mol. The summed E-state index contributed by atoms with van der Waals surface area (Å²) in [4.78, 5) is 0. The Hall–Kier alpha value is -2.16. The maximum atomic E-state index is 9.49. The summed E-state index contributed by atoms with van der Waals surface area (Å²) in [5, 5.41) is 12.8. The second-order valence-electron chi connectivity index (χ2n) is 5.86. The fraction of sp³-hybridized carbons (Fsp3) is 0.333. The van der Waals surface area contributed by atoms with Crippen LogP contribution in [0.15, 0.2) is 42.5 Å². The van der Waals surface area contributed by atoms with Crippen molar-refractivity contribution in [3.05, 3.63) is 53.6 Å². The SMILES string of the molecule is CC(C)c1ccccc1CC1CNc2cc(O)ccc2O1. The van der Waals surface area contributed by atoms with Crippen molar-refractivity contribution in [2.75, 3.05) is 11.9 Å². The van der Waals surface area contributed by atoms with Gasteiger partial charge in [0.25, 0.3) is 0 Å². The molecule has 0 fully saturated rings. The minimum absolute atomic E-state index is 0.113. The highest BCUT2D eigenvalue weighted by Gasteiger charge is 2.21. The first-order valence-electron chi connectivity index (χ1n) is 7.45. The molecule has 1 heterocycles. The van der Waals surface area contributed by atoms with E-state index in [4.69, 9.17) is 4.74 Å². The Bertz CT molecular complexity index is 637. The summed E-state index contributed by atoms with van der Waals surface area (Å²) < 4.78 is 6.05. The number of aromatic hydroxyl groups is 1. The molecule has 0 aliphatic carbocycles. The average Bonchev–Trinajstić information content (AvgIpc) is 2.48. The van der Waals surface area contributed by atoms with E-state index in [1.54, 1.807) is 12.1 Å². The molecule has 1 aliphatic heterocycles. The van der Waals surface area contributed by atoms with Gasteiger partial charge in [0, 0.05) is 12.5 Å². The van der Waals surface area contributed by atoms with Gasteiger partial charge in [-0.25, -0.2) is 0 Å². The third kappa shape index (κ3) is 2.97. The van der Waals surface area contributed by atoms with Crippen LogP contribution >= 0.6 is 0 Å². The Balaban J connectivity index is 1.77. The molecule has 3 nitrogen and oxygen atoms in total. The van der Waals surface area contributed by atoms with Gasteiger partial charge in [0.1, 0.15) is 17.6 Å². The number of anilines is 1. The molecular formula is C18H21NO2. The Morgan fingerprint density at radius 1 is 1.24 bits per heavy atom. The molecule has 3 rings (SSSR count). The molecule has 1 aliphatic rings. The summed E-state index contributed by atoms with van der Waals surface area (Å²) in [5.74, 6) is 1.58. The van der Waals surface area contributed by atoms with Gasteiger partial charge in [0.05, 0.1) is 12.2 Å². The predicted molar refractivity (Wildman–Crippen MR) is 85.2 cm³/mol. The molecular weight excluding hydrogens is 262 g/mol. The number of ether oxygens (including phenoxy) is 1. The Labute approximate surface area is 125 Å². The summed E-state index contributed by atoms with van der Waals surface area (Å²) >= 11 is 0. The number of fused-ring (bicyclic) bond motifs is 1. The minimum atomic E-state index is 0.113. The van der Waals surface area contributed by atoms with Crippen LogP contribution in [0.2, 0.25) is 0 Å². The van der Waals surface area contributed by atoms with Crippen LogP contribution in [-0.4, -0.2) is 17.8 Å². The smallest absolute Gasteiger partial charge is 0.143 e. The van der Waals surface area contributed by atoms with Crippen molar-refractivity contribution in [1.29, 1.82) is 0 Å². The van der Waals surface area contributed by atoms with Crippen molar-refractivity contribution in [2.24, 2.45) is 0 Å². The molecule has 21 heavy (non-hydrogen) atoms. The predicted octanol–water partition coefficient (Wildman–Crippen LogP) is 3.93. The molecule has 0 aromatic heterocycles. The van der Waals surface area contributed by atoms with Crippen LogP contribution in [0, 0.1) is 0 Å². The van der Waals surface area contributed by atoms with Gasteiger partial charge in [0.15, 0.2) is 0 Å². The molecule has 0 radical (unpaired) electrons. The van der Waals surface area contributed by atoms with Gasteiger partial charge in [-0.3, -0.25) is 0 Å². The van der Waals surface area contributed by atoms with E-state index in [0.29, 0.717) is 5.92 Å². The molecule has 2 N–H and O–H groups in total. The lowest BCUT2D eigenvalue weighted by molar-refractivity contribution is 0.205. The summed E-state index contributed by atoms with van der Waals surface area (Å²) in [6.45, 7) is 5.19. The highest BCUT2D eigenvalue weighted by Crippen LogP contribution is 2.33. The first kappa shape index (κ1) is 13.8. The van der Waals surface area contributed by atoms with Gasteiger partial charge in [-0.05, 0) is 29.2 Å². The van der Waals surface area contributed by atoms with E-state index in [9.17, 15) is 5.11 Å². The summed E-state index contributed by atoms with van der Waals surface area (Å²) in [7, 11) is 0. The third-order valence-corrected chi connectivity index (χ3v) is 3.90. The number of nitrogens with one attached hydrogen (secondary N) is 1. The zero-order chi connectivity index (χ0) is 14.8. The Morgan fingerprint density at radius 2 is 2.05 bits per heavy atom. The number of hydrogen-bond donors (Lipinski definition) is 2.